The molecule has 1 aromatic heterocycles. The number of nitrogens with one attached hydrogen (secondary N) is 2. The van der Waals surface area contributed by atoms with Gasteiger partial charge < -0.3 is 5.32 Å². The summed E-state index contributed by atoms with van der Waals surface area (Å²) in [5.74, 6) is 0.260. The van der Waals surface area contributed by atoms with Crippen molar-refractivity contribution in [2.24, 2.45) is 5.92 Å². The van der Waals surface area contributed by atoms with Crippen LogP contribution in [0.3, 0.4) is 0 Å². The Morgan fingerprint density at radius 2 is 1.96 bits per heavy atom. The van der Waals surface area contributed by atoms with E-state index in [1.165, 1.54) is 0 Å². The first-order chi connectivity index (χ1) is 11.0. The van der Waals surface area contributed by atoms with Crippen molar-refractivity contribution in [1.29, 1.82) is 0 Å². The number of aryl methyl sites for hydroxylation is 1. The largest absolute Gasteiger partial charge is 0.324 e. The maximum absolute atomic E-state index is 12.2. The van der Waals surface area contributed by atoms with Gasteiger partial charge in [0.15, 0.2) is 0 Å². The fourth-order valence-electron chi connectivity index (χ4n) is 2.43. The molecule has 122 valence electrons. The van der Waals surface area contributed by atoms with Crippen LogP contribution >= 0.6 is 15.9 Å². The number of pyridine rings is 1. The van der Waals surface area contributed by atoms with E-state index in [4.69, 9.17) is 0 Å². The molecule has 0 aliphatic heterocycles. The first-order valence-electron chi connectivity index (χ1n) is 7.68. The molecule has 0 fully saturated rings. The van der Waals surface area contributed by atoms with Crippen molar-refractivity contribution in [2.75, 3.05) is 11.9 Å². The topological polar surface area (TPSA) is 54.0 Å². The lowest BCUT2D eigenvalue weighted by atomic mass is 9.97. The van der Waals surface area contributed by atoms with E-state index >= 15 is 0 Å². The SMILES string of the molecule is Cc1cccnc1C(NCC(=O)Nc1ccccc1Br)C(C)C. The van der Waals surface area contributed by atoms with Gasteiger partial charge in [0.1, 0.15) is 0 Å². The summed E-state index contributed by atoms with van der Waals surface area (Å²) < 4.78 is 0.870. The van der Waals surface area contributed by atoms with Crippen molar-refractivity contribution >= 4 is 27.5 Å². The average Bonchev–Trinajstić information content (AvgIpc) is 2.51. The minimum Gasteiger partial charge on any atom is -0.324 e. The predicted octanol–water partition coefficient (Wildman–Crippen LogP) is 4.08. The number of benzene rings is 1. The number of halogens is 1. The maximum Gasteiger partial charge on any atom is 0.238 e. The van der Waals surface area contributed by atoms with Crippen molar-refractivity contribution in [3.63, 3.8) is 0 Å². The van der Waals surface area contributed by atoms with Crippen LogP contribution in [-0.4, -0.2) is 17.4 Å². The Morgan fingerprint density at radius 3 is 2.61 bits per heavy atom. The summed E-state index contributed by atoms with van der Waals surface area (Å²) in [7, 11) is 0. The number of rotatable bonds is 6. The third-order valence-corrected chi connectivity index (χ3v) is 4.33. The molecule has 0 radical (unpaired) electrons. The molecule has 0 spiro atoms. The molecule has 0 saturated heterocycles. The number of anilines is 1. The number of hydrogen-bond donors (Lipinski definition) is 2. The Hall–Kier alpha value is -1.72. The number of aromatic nitrogens is 1. The molecular weight excluding hydrogens is 354 g/mol. The zero-order valence-electron chi connectivity index (χ0n) is 13.6. The molecule has 2 rings (SSSR count). The fourth-order valence-corrected chi connectivity index (χ4v) is 2.82. The highest BCUT2D eigenvalue weighted by Gasteiger charge is 2.19. The highest BCUT2D eigenvalue weighted by Crippen LogP contribution is 2.23. The summed E-state index contributed by atoms with van der Waals surface area (Å²) in [4.78, 5) is 16.7. The van der Waals surface area contributed by atoms with Gasteiger partial charge in [0.25, 0.3) is 0 Å². The van der Waals surface area contributed by atoms with Crippen molar-refractivity contribution in [2.45, 2.75) is 26.8 Å². The van der Waals surface area contributed by atoms with Gasteiger partial charge in [-0.2, -0.15) is 0 Å². The minimum atomic E-state index is -0.0730. The Kier molecular flexibility index (Phi) is 6.30. The lowest BCUT2D eigenvalue weighted by Gasteiger charge is -2.23. The standard InChI is InChI=1S/C18H22BrN3O/c1-12(2)17(18-13(3)7-6-10-20-18)21-11-16(23)22-15-9-5-4-8-14(15)19/h4-10,12,17,21H,11H2,1-3H3,(H,22,23). The van der Waals surface area contributed by atoms with E-state index in [9.17, 15) is 4.79 Å². The number of amides is 1. The third kappa shape index (κ3) is 4.88. The smallest absolute Gasteiger partial charge is 0.238 e. The van der Waals surface area contributed by atoms with E-state index in [0.717, 1.165) is 21.4 Å². The molecule has 5 heteroatoms. The Bertz CT molecular complexity index is 673. The fraction of sp³-hybridized carbons (Fsp3) is 0.333. The molecule has 0 saturated carbocycles. The molecule has 1 aromatic carbocycles. The lowest BCUT2D eigenvalue weighted by Crippen LogP contribution is -2.34. The maximum atomic E-state index is 12.2. The molecule has 1 unspecified atom stereocenters. The minimum absolute atomic E-state index is 0.0427. The van der Waals surface area contributed by atoms with Gasteiger partial charge in [-0.1, -0.05) is 32.0 Å². The van der Waals surface area contributed by atoms with Gasteiger partial charge in [-0.3, -0.25) is 15.1 Å². The quantitative estimate of drug-likeness (QED) is 0.799. The third-order valence-electron chi connectivity index (χ3n) is 3.64. The van der Waals surface area contributed by atoms with Gasteiger partial charge in [-0.25, -0.2) is 0 Å². The summed E-state index contributed by atoms with van der Waals surface area (Å²) >= 11 is 3.43. The van der Waals surface area contributed by atoms with Crippen LogP contribution in [0, 0.1) is 12.8 Å². The summed E-state index contributed by atoms with van der Waals surface area (Å²) in [5.41, 5.74) is 2.90. The van der Waals surface area contributed by atoms with Crippen LogP contribution in [-0.2, 0) is 4.79 Å². The molecule has 1 amide bonds. The molecule has 1 atom stereocenters. The van der Waals surface area contributed by atoms with Crippen LogP contribution in [0.5, 0.6) is 0 Å². The van der Waals surface area contributed by atoms with E-state index in [1.54, 1.807) is 6.20 Å². The second kappa shape index (κ2) is 8.22. The van der Waals surface area contributed by atoms with Crippen molar-refractivity contribution in [1.82, 2.24) is 10.3 Å². The van der Waals surface area contributed by atoms with Gasteiger partial charge in [0, 0.05) is 10.7 Å². The molecule has 2 N–H and O–H groups in total. The molecule has 4 nitrogen and oxygen atoms in total. The number of para-hydroxylation sites is 1. The first-order valence-corrected chi connectivity index (χ1v) is 8.47. The van der Waals surface area contributed by atoms with Crippen molar-refractivity contribution < 1.29 is 4.79 Å². The zero-order valence-corrected chi connectivity index (χ0v) is 15.2. The Balaban J connectivity index is 2.01. The van der Waals surface area contributed by atoms with Crippen LogP contribution in [0.2, 0.25) is 0 Å². The van der Waals surface area contributed by atoms with E-state index in [-0.39, 0.29) is 18.5 Å². The molecule has 1 heterocycles. The van der Waals surface area contributed by atoms with Crippen LogP contribution in [0.15, 0.2) is 47.1 Å². The van der Waals surface area contributed by atoms with E-state index in [0.29, 0.717) is 5.92 Å². The molecule has 0 aliphatic carbocycles. The number of carbonyl (C=O) groups is 1. The molecular formula is C18H22BrN3O. The monoisotopic (exact) mass is 375 g/mol. The van der Waals surface area contributed by atoms with E-state index in [1.807, 2.05) is 43.3 Å². The first kappa shape index (κ1) is 17.6. The highest BCUT2D eigenvalue weighted by molar-refractivity contribution is 9.10. The average molecular weight is 376 g/mol. The molecule has 23 heavy (non-hydrogen) atoms. The lowest BCUT2D eigenvalue weighted by molar-refractivity contribution is -0.115. The summed E-state index contributed by atoms with van der Waals surface area (Å²) in [5, 5.41) is 6.23. The zero-order chi connectivity index (χ0) is 16.8. The highest BCUT2D eigenvalue weighted by atomic mass is 79.9. The van der Waals surface area contributed by atoms with Crippen molar-refractivity contribution in [3.8, 4) is 0 Å². The predicted molar refractivity (Wildman–Crippen MR) is 97.3 cm³/mol. The van der Waals surface area contributed by atoms with E-state index < -0.39 is 0 Å². The van der Waals surface area contributed by atoms with Crippen LogP contribution < -0.4 is 10.6 Å². The van der Waals surface area contributed by atoms with Crippen molar-refractivity contribution in [3.05, 3.63) is 58.3 Å². The summed E-state index contributed by atoms with van der Waals surface area (Å²) in [6, 6.07) is 11.6. The van der Waals surface area contributed by atoms with Gasteiger partial charge in [0.2, 0.25) is 5.91 Å². The summed E-state index contributed by atoms with van der Waals surface area (Å²) in [6.45, 7) is 6.52. The van der Waals surface area contributed by atoms with Crippen LogP contribution in [0.1, 0.15) is 31.1 Å². The number of carbonyl (C=O) groups excluding carboxylic acids is 1. The number of nitrogens with zero attached hydrogens (tertiary/aromatic N) is 1. The molecule has 0 bridgehead atoms. The molecule has 0 aliphatic rings. The normalized spacial score (nSPS) is 12.2. The van der Waals surface area contributed by atoms with Crippen LogP contribution in [0.25, 0.3) is 0 Å². The van der Waals surface area contributed by atoms with Gasteiger partial charge in [-0.05, 0) is 52.5 Å². The molecule has 2 aromatic rings. The van der Waals surface area contributed by atoms with Gasteiger partial charge in [0.05, 0.1) is 24.0 Å². The second-order valence-electron chi connectivity index (χ2n) is 5.84. The summed E-state index contributed by atoms with van der Waals surface area (Å²) in [6.07, 6.45) is 1.79. The Labute approximate surface area is 145 Å². The van der Waals surface area contributed by atoms with E-state index in [2.05, 4.69) is 45.4 Å². The van der Waals surface area contributed by atoms with Gasteiger partial charge >= 0.3 is 0 Å². The number of hydrogen-bond acceptors (Lipinski definition) is 3. The Morgan fingerprint density at radius 1 is 1.22 bits per heavy atom. The second-order valence-corrected chi connectivity index (χ2v) is 6.69. The van der Waals surface area contributed by atoms with Crippen LogP contribution in [0.4, 0.5) is 5.69 Å². The van der Waals surface area contributed by atoms with Gasteiger partial charge in [-0.15, -0.1) is 0 Å².